The summed E-state index contributed by atoms with van der Waals surface area (Å²) < 4.78 is 11.7. The first-order valence-corrected chi connectivity index (χ1v) is 10.9. The van der Waals surface area contributed by atoms with Crippen LogP contribution in [0.4, 0.5) is 0 Å². The summed E-state index contributed by atoms with van der Waals surface area (Å²) in [4.78, 5) is 0. The van der Waals surface area contributed by atoms with Crippen LogP contribution in [0.1, 0.15) is 57.1 Å². The van der Waals surface area contributed by atoms with Crippen molar-refractivity contribution in [2.75, 3.05) is 13.2 Å². The van der Waals surface area contributed by atoms with Crippen molar-refractivity contribution in [2.24, 2.45) is 0 Å². The van der Waals surface area contributed by atoms with Gasteiger partial charge in [0.15, 0.2) is 11.5 Å². The molecule has 0 heterocycles. The van der Waals surface area contributed by atoms with Crippen LogP contribution in [0, 0.1) is 0 Å². The highest BCUT2D eigenvalue weighted by atomic mass is 35.5. The fourth-order valence-electron chi connectivity index (χ4n) is 2.93. The summed E-state index contributed by atoms with van der Waals surface area (Å²) in [5, 5.41) is 4.73. The summed E-state index contributed by atoms with van der Waals surface area (Å²) in [7, 11) is 0. The number of unbranched alkanes of at least 4 members (excludes halogenated alkanes) is 4. The lowest BCUT2D eigenvalue weighted by Gasteiger charge is -2.14. The lowest BCUT2D eigenvalue weighted by Crippen LogP contribution is -2.14. The molecule has 0 unspecified atom stereocenters. The van der Waals surface area contributed by atoms with Crippen molar-refractivity contribution in [1.29, 1.82) is 0 Å². The van der Waals surface area contributed by atoms with E-state index in [-0.39, 0.29) is 0 Å². The zero-order chi connectivity index (χ0) is 20.2. The number of rotatable bonds is 13. The predicted octanol–water partition coefficient (Wildman–Crippen LogP) is 7.03. The van der Waals surface area contributed by atoms with E-state index in [0.717, 1.165) is 30.2 Å². The second-order valence-electron chi connectivity index (χ2n) is 6.83. The van der Waals surface area contributed by atoms with Gasteiger partial charge in [-0.05, 0) is 49.7 Å². The van der Waals surface area contributed by atoms with Gasteiger partial charge in [0.2, 0.25) is 0 Å². The van der Waals surface area contributed by atoms with Crippen molar-refractivity contribution in [3.63, 3.8) is 0 Å². The lowest BCUT2D eigenvalue weighted by molar-refractivity contribution is 0.269. The van der Waals surface area contributed by atoms with Gasteiger partial charge in [0, 0.05) is 22.2 Å². The average Bonchev–Trinajstić information content (AvgIpc) is 2.68. The van der Waals surface area contributed by atoms with E-state index in [2.05, 4.69) is 18.3 Å². The number of nitrogens with one attached hydrogen (secondary N) is 1. The molecule has 0 aliphatic rings. The van der Waals surface area contributed by atoms with Crippen molar-refractivity contribution in [2.45, 2.75) is 59.1 Å². The normalized spacial score (nSPS) is 10.9. The summed E-state index contributed by atoms with van der Waals surface area (Å²) >= 11 is 12.2. The highest BCUT2D eigenvalue weighted by Gasteiger charge is 2.09. The van der Waals surface area contributed by atoms with Crippen LogP contribution in [0.2, 0.25) is 10.0 Å². The van der Waals surface area contributed by atoms with Gasteiger partial charge in [-0.25, -0.2) is 0 Å². The topological polar surface area (TPSA) is 30.5 Å². The van der Waals surface area contributed by atoms with Gasteiger partial charge in [0.25, 0.3) is 0 Å². The Morgan fingerprint density at radius 3 is 2.43 bits per heavy atom. The van der Waals surface area contributed by atoms with Crippen LogP contribution < -0.4 is 14.8 Å². The zero-order valence-corrected chi connectivity index (χ0v) is 18.4. The molecule has 154 valence electrons. The van der Waals surface area contributed by atoms with Crippen LogP contribution in [0.3, 0.4) is 0 Å². The maximum Gasteiger partial charge on any atom is 0.161 e. The Balaban J connectivity index is 1.88. The fourth-order valence-corrected chi connectivity index (χ4v) is 3.39. The number of hydrogen-bond acceptors (Lipinski definition) is 3. The minimum absolute atomic E-state index is 0.367. The van der Waals surface area contributed by atoms with E-state index in [1.54, 1.807) is 6.07 Å². The largest absolute Gasteiger partial charge is 0.490 e. The Labute approximate surface area is 179 Å². The predicted molar refractivity (Wildman–Crippen MR) is 119 cm³/mol. The average molecular weight is 424 g/mol. The third-order valence-electron chi connectivity index (χ3n) is 4.49. The van der Waals surface area contributed by atoms with E-state index in [1.807, 2.05) is 31.2 Å². The molecule has 0 saturated heterocycles. The van der Waals surface area contributed by atoms with E-state index in [0.29, 0.717) is 23.3 Å². The monoisotopic (exact) mass is 423 g/mol. The molecule has 0 aromatic heterocycles. The Morgan fingerprint density at radius 1 is 0.857 bits per heavy atom. The number of hydrogen-bond donors (Lipinski definition) is 1. The molecule has 2 rings (SSSR count). The molecule has 0 bridgehead atoms. The molecule has 0 spiro atoms. The standard InChI is InChI=1S/C23H31Cl2NO2/c1-3-5-6-7-8-13-26-16-18-9-12-22(23(14-18)27-4-2)28-17-19-10-11-20(24)15-21(19)25/h9-12,14-15,26H,3-8,13,16-17H2,1-2H3. The maximum atomic E-state index is 6.23. The summed E-state index contributed by atoms with van der Waals surface area (Å²) in [6, 6.07) is 11.5. The van der Waals surface area contributed by atoms with Crippen LogP contribution in [0.25, 0.3) is 0 Å². The molecule has 0 fully saturated rings. The molecule has 0 atom stereocenters. The molecule has 2 aromatic rings. The third kappa shape index (κ3) is 7.90. The molecular formula is C23H31Cl2NO2. The van der Waals surface area contributed by atoms with Gasteiger partial charge in [-0.1, -0.05) is 67.9 Å². The minimum Gasteiger partial charge on any atom is -0.490 e. The molecule has 2 aromatic carbocycles. The van der Waals surface area contributed by atoms with E-state index < -0.39 is 0 Å². The van der Waals surface area contributed by atoms with Gasteiger partial charge in [-0.2, -0.15) is 0 Å². The molecule has 1 N–H and O–H groups in total. The smallest absolute Gasteiger partial charge is 0.161 e. The number of ether oxygens (including phenoxy) is 2. The molecule has 5 heteroatoms. The number of benzene rings is 2. The molecule has 0 aliphatic heterocycles. The Morgan fingerprint density at radius 2 is 1.68 bits per heavy atom. The van der Waals surface area contributed by atoms with E-state index in [1.165, 1.54) is 37.7 Å². The molecule has 3 nitrogen and oxygen atoms in total. The first-order valence-electron chi connectivity index (χ1n) is 10.2. The SMILES string of the molecule is CCCCCCCNCc1ccc(OCc2ccc(Cl)cc2Cl)c(OCC)c1. The van der Waals surface area contributed by atoms with E-state index in [9.17, 15) is 0 Å². The van der Waals surface area contributed by atoms with Crippen LogP contribution >= 0.6 is 23.2 Å². The molecule has 28 heavy (non-hydrogen) atoms. The molecule has 0 aliphatic carbocycles. The lowest BCUT2D eigenvalue weighted by atomic mass is 10.1. The van der Waals surface area contributed by atoms with Crippen molar-refractivity contribution < 1.29 is 9.47 Å². The molecule has 0 radical (unpaired) electrons. The highest BCUT2D eigenvalue weighted by Crippen LogP contribution is 2.30. The van der Waals surface area contributed by atoms with Crippen molar-refractivity contribution in [3.8, 4) is 11.5 Å². The second-order valence-corrected chi connectivity index (χ2v) is 7.67. The zero-order valence-electron chi connectivity index (χ0n) is 16.9. The maximum absolute atomic E-state index is 6.23. The van der Waals surface area contributed by atoms with Gasteiger partial charge in [-0.3, -0.25) is 0 Å². The Kier molecular flexibility index (Phi) is 10.6. The molecule has 0 saturated carbocycles. The van der Waals surface area contributed by atoms with Crippen molar-refractivity contribution in [1.82, 2.24) is 5.32 Å². The van der Waals surface area contributed by atoms with Crippen molar-refractivity contribution >= 4 is 23.2 Å². The molecular weight excluding hydrogens is 393 g/mol. The minimum atomic E-state index is 0.367. The van der Waals surface area contributed by atoms with E-state index in [4.69, 9.17) is 32.7 Å². The first-order chi connectivity index (χ1) is 13.6. The fraction of sp³-hybridized carbons (Fsp3) is 0.478. The quantitative estimate of drug-likeness (QED) is 0.350. The first kappa shape index (κ1) is 22.9. The second kappa shape index (κ2) is 12.9. The van der Waals surface area contributed by atoms with Gasteiger partial charge in [0.1, 0.15) is 6.61 Å². The third-order valence-corrected chi connectivity index (χ3v) is 5.08. The Hall–Kier alpha value is -1.42. The van der Waals surface area contributed by atoms with Gasteiger partial charge in [0.05, 0.1) is 6.61 Å². The van der Waals surface area contributed by atoms with Crippen LogP contribution in [-0.4, -0.2) is 13.2 Å². The summed E-state index contributed by atoms with van der Waals surface area (Å²) in [6.45, 7) is 7.04. The van der Waals surface area contributed by atoms with Gasteiger partial charge >= 0.3 is 0 Å². The number of halogens is 2. The highest BCUT2D eigenvalue weighted by molar-refractivity contribution is 6.35. The van der Waals surface area contributed by atoms with Crippen LogP contribution in [0.15, 0.2) is 36.4 Å². The van der Waals surface area contributed by atoms with Gasteiger partial charge in [-0.15, -0.1) is 0 Å². The van der Waals surface area contributed by atoms with Gasteiger partial charge < -0.3 is 14.8 Å². The van der Waals surface area contributed by atoms with Crippen LogP contribution in [0.5, 0.6) is 11.5 Å². The van der Waals surface area contributed by atoms with Crippen LogP contribution in [-0.2, 0) is 13.2 Å². The summed E-state index contributed by atoms with van der Waals surface area (Å²) in [5.74, 6) is 1.48. The summed E-state index contributed by atoms with van der Waals surface area (Å²) in [6.07, 6.45) is 6.47. The summed E-state index contributed by atoms with van der Waals surface area (Å²) in [5.41, 5.74) is 2.08. The molecule has 0 amide bonds. The van der Waals surface area contributed by atoms with Crippen molar-refractivity contribution in [3.05, 3.63) is 57.6 Å². The Bertz CT molecular complexity index is 722. The van der Waals surface area contributed by atoms with E-state index >= 15 is 0 Å².